The topological polar surface area (TPSA) is 41.1 Å². The Morgan fingerprint density at radius 2 is 1.90 bits per heavy atom. The SMILES string of the molecule is CCC1Nc2ccccc2NC2=C1C(=O)CC(C)(C)C2. The number of allylic oxidation sites excluding steroid dienone is 1. The van der Waals surface area contributed by atoms with E-state index in [-0.39, 0.29) is 17.2 Å². The molecule has 2 N–H and O–H groups in total. The molecule has 1 atom stereocenters. The highest BCUT2D eigenvalue weighted by Crippen LogP contribution is 2.41. The summed E-state index contributed by atoms with van der Waals surface area (Å²) >= 11 is 0. The molecule has 1 aliphatic heterocycles. The average molecular weight is 270 g/mol. The average Bonchev–Trinajstić information content (AvgIpc) is 2.52. The molecular formula is C17H22N2O. The Morgan fingerprint density at radius 3 is 2.60 bits per heavy atom. The number of nitrogens with one attached hydrogen (secondary N) is 2. The Bertz CT molecular complexity index is 586. The van der Waals surface area contributed by atoms with Crippen molar-refractivity contribution in [2.75, 3.05) is 10.6 Å². The van der Waals surface area contributed by atoms with E-state index < -0.39 is 0 Å². The normalized spacial score (nSPS) is 24.1. The van der Waals surface area contributed by atoms with E-state index in [0.29, 0.717) is 6.42 Å². The number of carbonyl (C=O) groups is 1. The molecule has 0 fully saturated rings. The van der Waals surface area contributed by atoms with Gasteiger partial charge in [0.05, 0.1) is 17.4 Å². The molecule has 3 heteroatoms. The molecule has 0 saturated heterocycles. The third-order valence-corrected chi connectivity index (χ3v) is 4.22. The zero-order chi connectivity index (χ0) is 14.3. The van der Waals surface area contributed by atoms with Gasteiger partial charge >= 0.3 is 0 Å². The minimum Gasteiger partial charge on any atom is -0.376 e. The number of para-hydroxylation sites is 2. The van der Waals surface area contributed by atoms with Crippen molar-refractivity contribution in [3.63, 3.8) is 0 Å². The van der Waals surface area contributed by atoms with Gasteiger partial charge in [0.25, 0.3) is 0 Å². The quantitative estimate of drug-likeness (QED) is 0.812. The van der Waals surface area contributed by atoms with Crippen LogP contribution >= 0.6 is 0 Å². The van der Waals surface area contributed by atoms with Crippen molar-refractivity contribution in [1.82, 2.24) is 0 Å². The zero-order valence-electron chi connectivity index (χ0n) is 12.4. The monoisotopic (exact) mass is 270 g/mol. The van der Waals surface area contributed by atoms with Crippen LogP contribution in [0.4, 0.5) is 11.4 Å². The molecule has 0 saturated carbocycles. The van der Waals surface area contributed by atoms with Crippen molar-refractivity contribution in [3.05, 3.63) is 35.5 Å². The fraction of sp³-hybridized carbons (Fsp3) is 0.471. The van der Waals surface area contributed by atoms with Gasteiger partial charge in [-0.1, -0.05) is 32.9 Å². The summed E-state index contributed by atoms with van der Waals surface area (Å²) in [6.07, 6.45) is 2.49. The first-order valence-electron chi connectivity index (χ1n) is 7.39. The van der Waals surface area contributed by atoms with Gasteiger partial charge in [-0.2, -0.15) is 0 Å². The van der Waals surface area contributed by atoms with Crippen LogP contribution in [-0.4, -0.2) is 11.8 Å². The second-order valence-corrected chi connectivity index (χ2v) is 6.61. The first-order valence-corrected chi connectivity index (χ1v) is 7.39. The molecule has 3 nitrogen and oxygen atoms in total. The Balaban J connectivity index is 2.09. The molecule has 3 rings (SSSR count). The molecule has 0 bridgehead atoms. The van der Waals surface area contributed by atoms with Crippen LogP contribution in [-0.2, 0) is 4.79 Å². The van der Waals surface area contributed by atoms with Gasteiger partial charge < -0.3 is 10.6 Å². The maximum Gasteiger partial charge on any atom is 0.163 e. The van der Waals surface area contributed by atoms with E-state index >= 15 is 0 Å². The number of Topliss-reactive ketones (excluding diaryl/α,β-unsaturated/α-hetero) is 1. The summed E-state index contributed by atoms with van der Waals surface area (Å²) in [5.74, 6) is 0.288. The van der Waals surface area contributed by atoms with E-state index in [4.69, 9.17) is 0 Å². The molecule has 1 unspecified atom stereocenters. The third kappa shape index (κ3) is 2.21. The molecule has 1 aromatic rings. The molecule has 1 heterocycles. The second-order valence-electron chi connectivity index (χ2n) is 6.61. The number of hydrogen-bond acceptors (Lipinski definition) is 3. The van der Waals surface area contributed by atoms with Crippen LogP contribution < -0.4 is 10.6 Å². The molecule has 2 aliphatic rings. The van der Waals surface area contributed by atoms with E-state index in [0.717, 1.165) is 35.5 Å². The Morgan fingerprint density at radius 1 is 1.20 bits per heavy atom. The number of hydrogen-bond donors (Lipinski definition) is 2. The highest BCUT2D eigenvalue weighted by molar-refractivity contribution is 6.00. The molecule has 0 aromatic heterocycles. The number of carbonyl (C=O) groups excluding carboxylic acids is 1. The lowest BCUT2D eigenvalue weighted by Gasteiger charge is -2.33. The van der Waals surface area contributed by atoms with Crippen LogP contribution in [0.15, 0.2) is 35.5 Å². The van der Waals surface area contributed by atoms with E-state index in [1.54, 1.807) is 0 Å². The highest BCUT2D eigenvalue weighted by Gasteiger charge is 2.37. The van der Waals surface area contributed by atoms with E-state index in [9.17, 15) is 4.79 Å². The minimum absolute atomic E-state index is 0.0422. The lowest BCUT2D eigenvalue weighted by molar-refractivity contribution is -0.118. The third-order valence-electron chi connectivity index (χ3n) is 4.22. The maximum absolute atomic E-state index is 12.6. The molecule has 1 aliphatic carbocycles. The van der Waals surface area contributed by atoms with Crippen molar-refractivity contribution < 1.29 is 4.79 Å². The predicted molar refractivity (Wildman–Crippen MR) is 82.8 cm³/mol. The maximum atomic E-state index is 12.6. The van der Waals surface area contributed by atoms with Crippen LogP contribution in [0.25, 0.3) is 0 Å². The van der Waals surface area contributed by atoms with Crippen molar-refractivity contribution in [3.8, 4) is 0 Å². The van der Waals surface area contributed by atoms with Gasteiger partial charge in [0, 0.05) is 17.7 Å². The predicted octanol–water partition coefficient (Wildman–Crippen LogP) is 3.95. The number of fused-ring (bicyclic) bond motifs is 1. The van der Waals surface area contributed by atoms with Gasteiger partial charge in [-0.3, -0.25) is 4.79 Å². The molecule has 0 amide bonds. The second kappa shape index (κ2) is 4.65. The van der Waals surface area contributed by atoms with Crippen LogP contribution in [0.3, 0.4) is 0 Å². The van der Waals surface area contributed by atoms with Crippen molar-refractivity contribution in [2.24, 2.45) is 5.41 Å². The molecule has 20 heavy (non-hydrogen) atoms. The summed E-state index contributed by atoms with van der Waals surface area (Å²) in [5.41, 5.74) is 4.26. The summed E-state index contributed by atoms with van der Waals surface area (Å²) in [6, 6.07) is 8.30. The first kappa shape index (κ1) is 13.2. The van der Waals surface area contributed by atoms with Crippen LogP contribution in [0.1, 0.15) is 40.0 Å². The summed E-state index contributed by atoms with van der Waals surface area (Å²) in [6.45, 7) is 6.46. The minimum atomic E-state index is 0.0422. The standard InChI is InChI=1S/C17H22N2O/c1-4-11-16-14(9-17(2,3)10-15(16)20)19-13-8-6-5-7-12(13)18-11/h5-8,11,18-19H,4,9-10H2,1-3H3. The van der Waals surface area contributed by atoms with Gasteiger partial charge in [0.15, 0.2) is 5.78 Å². The molecule has 106 valence electrons. The lowest BCUT2D eigenvalue weighted by atomic mass is 9.74. The highest BCUT2D eigenvalue weighted by atomic mass is 16.1. The number of benzene rings is 1. The summed E-state index contributed by atoms with van der Waals surface area (Å²) in [7, 11) is 0. The van der Waals surface area contributed by atoms with E-state index in [1.165, 1.54) is 0 Å². The summed E-state index contributed by atoms with van der Waals surface area (Å²) in [4.78, 5) is 12.6. The van der Waals surface area contributed by atoms with Crippen molar-refractivity contribution in [1.29, 1.82) is 0 Å². The van der Waals surface area contributed by atoms with E-state index in [2.05, 4.69) is 43.5 Å². The number of rotatable bonds is 1. The Labute approximate surface area is 120 Å². The van der Waals surface area contributed by atoms with Gasteiger partial charge in [-0.15, -0.1) is 0 Å². The fourth-order valence-electron chi connectivity index (χ4n) is 3.30. The Hall–Kier alpha value is -1.77. The largest absolute Gasteiger partial charge is 0.376 e. The van der Waals surface area contributed by atoms with E-state index in [1.807, 2.05) is 12.1 Å². The van der Waals surface area contributed by atoms with Crippen molar-refractivity contribution in [2.45, 2.75) is 46.1 Å². The van der Waals surface area contributed by atoms with Crippen LogP contribution in [0.5, 0.6) is 0 Å². The molecule has 0 spiro atoms. The smallest absolute Gasteiger partial charge is 0.163 e. The van der Waals surface area contributed by atoms with Gasteiger partial charge in [0.1, 0.15) is 0 Å². The zero-order valence-corrected chi connectivity index (χ0v) is 12.4. The van der Waals surface area contributed by atoms with Crippen LogP contribution in [0, 0.1) is 5.41 Å². The number of ketones is 1. The van der Waals surface area contributed by atoms with Gasteiger partial charge in [-0.25, -0.2) is 0 Å². The van der Waals surface area contributed by atoms with Crippen LogP contribution in [0.2, 0.25) is 0 Å². The summed E-state index contributed by atoms with van der Waals surface area (Å²) < 4.78 is 0. The molecule has 0 radical (unpaired) electrons. The van der Waals surface area contributed by atoms with Gasteiger partial charge in [0.2, 0.25) is 0 Å². The summed E-state index contributed by atoms with van der Waals surface area (Å²) in [5, 5.41) is 7.03. The fourth-order valence-corrected chi connectivity index (χ4v) is 3.30. The Kier molecular flexibility index (Phi) is 3.08. The van der Waals surface area contributed by atoms with Crippen molar-refractivity contribution >= 4 is 17.2 Å². The lowest BCUT2D eigenvalue weighted by Crippen LogP contribution is -2.34. The van der Waals surface area contributed by atoms with Gasteiger partial charge in [-0.05, 0) is 30.4 Å². The first-order chi connectivity index (χ1) is 9.50. The molecular weight excluding hydrogens is 248 g/mol. The number of anilines is 2. The molecule has 1 aromatic carbocycles.